The maximum absolute atomic E-state index is 13.7. The van der Waals surface area contributed by atoms with E-state index in [1.165, 1.54) is 21.9 Å². The zero-order valence-corrected chi connectivity index (χ0v) is 19.8. The molecular formula is C27H26ClFN4O2. The average Bonchev–Trinajstić information content (AvgIpc) is 3.27. The van der Waals surface area contributed by atoms with Crippen LogP contribution in [0.25, 0.3) is 10.9 Å². The molecule has 0 unspecified atom stereocenters. The number of nitrogens with two attached hydrogens (primary N) is 1. The topological polar surface area (TPSA) is 82.4 Å². The fourth-order valence-electron chi connectivity index (χ4n) is 4.06. The van der Waals surface area contributed by atoms with Crippen LogP contribution in [0, 0.1) is 5.82 Å². The van der Waals surface area contributed by atoms with E-state index in [-0.39, 0.29) is 36.3 Å². The number of rotatable bonds is 9. The van der Waals surface area contributed by atoms with Crippen LogP contribution in [-0.4, -0.2) is 41.3 Å². The third-order valence-electron chi connectivity index (χ3n) is 5.78. The lowest BCUT2D eigenvalue weighted by atomic mass is 10.1. The quantitative estimate of drug-likeness (QED) is 0.343. The van der Waals surface area contributed by atoms with Crippen molar-refractivity contribution in [2.24, 2.45) is 5.73 Å². The number of carbonyl (C=O) groups excluding carboxylic acids is 2. The Morgan fingerprint density at radius 1 is 0.971 bits per heavy atom. The first-order valence-electron chi connectivity index (χ1n) is 11.3. The summed E-state index contributed by atoms with van der Waals surface area (Å²) < 4.78 is 13.7. The Balaban J connectivity index is 1.60. The van der Waals surface area contributed by atoms with Gasteiger partial charge in [0.2, 0.25) is 5.91 Å². The fourth-order valence-corrected chi connectivity index (χ4v) is 4.31. The number of nitrogens with one attached hydrogen (secondary N) is 1. The molecular weight excluding hydrogens is 467 g/mol. The summed E-state index contributed by atoms with van der Waals surface area (Å²) in [6.45, 7) is 0.346. The molecule has 0 radical (unpaired) electrons. The van der Waals surface area contributed by atoms with Crippen molar-refractivity contribution >= 4 is 45.7 Å². The smallest absolute Gasteiger partial charge is 0.251 e. The molecule has 0 saturated carbocycles. The van der Waals surface area contributed by atoms with Crippen molar-refractivity contribution in [3.8, 4) is 0 Å². The second-order valence-electron chi connectivity index (χ2n) is 8.12. The number of H-pyrrole nitrogens is 1. The van der Waals surface area contributed by atoms with Gasteiger partial charge in [-0.25, -0.2) is 4.39 Å². The van der Waals surface area contributed by atoms with E-state index in [4.69, 9.17) is 17.3 Å². The Hall–Kier alpha value is -3.68. The van der Waals surface area contributed by atoms with Crippen LogP contribution in [0.4, 0.5) is 15.8 Å². The minimum absolute atomic E-state index is 0.0980. The molecule has 8 heteroatoms. The van der Waals surface area contributed by atoms with E-state index < -0.39 is 5.82 Å². The van der Waals surface area contributed by atoms with E-state index in [2.05, 4.69) is 4.98 Å². The summed E-state index contributed by atoms with van der Waals surface area (Å²) in [5, 5.41) is 1.18. The molecule has 35 heavy (non-hydrogen) atoms. The van der Waals surface area contributed by atoms with E-state index in [0.717, 1.165) is 22.5 Å². The highest BCUT2D eigenvalue weighted by Gasteiger charge is 2.25. The van der Waals surface area contributed by atoms with Crippen LogP contribution in [0.15, 0.2) is 79.0 Å². The Morgan fingerprint density at radius 3 is 2.46 bits per heavy atom. The largest absolute Gasteiger partial charge is 0.361 e. The highest BCUT2D eigenvalue weighted by atomic mass is 35.5. The van der Waals surface area contributed by atoms with Crippen LogP contribution in [-0.2, 0) is 16.0 Å². The predicted octanol–water partition coefficient (Wildman–Crippen LogP) is 5.05. The molecule has 0 atom stereocenters. The van der Waals surface area contributed by atoms with Gasteiger partial charge in [-0.05, 0) is 48.4 Å². The monoisotopic (exact) mass is 492 g/mol. The van der Waals surface area contributed by atoms with E-state index >= 15 is 0 Å². The SMILES string of the molecule is NCCC(=O)N(CCc1c[nH]c2ccccc12)CC(=O)N(c1ccccc1)c1ccc(F)cc1Cl. The minimum atomic E-state index is -0.502. The van der Waals surface area contributed by atoms with E-state index in [9.17, 15) is 14.0 Å². The molecule has 3 N–H and O–H groups in total. The van der Waals surface area contributed by atoms with Crippen molar-refractivity contribution in [2.45, 2.75) is 12.8 Å². The Labute approximate surface area is 208 Å². The maximum Gasteiger partial charge on any atom is 0.251 e. The lowest BCUT2D eigenvalue weighted by Crippen LogP contribution is -2.43. The first-order chi connectivity index (χ1) is 17.0. The number of amides is 2. The molecule has 4 aromatic rings. The van der Waals surface area contributed by atoms with Crippen molar-refractivity contribution < 1.29 is 14.0 Å². The van der Waals surface area contributed by atoms with Gasteiger partial charge in [-0.15, -0.1) is 0 Å². The molecule has 6 nitrogen and oxygen atoms in total. The van der Waals surface area contributed by atoms with Gasteiger partial charge in [0, 0.05) is 42.3 Å². The summed E-state index contributed by atoms with van der Waals surface area (Å²) in [5.74, 6) is -1.08. The summed E-state index contributed by atoms with van der Waals surface area (Å²) in [6.07, 6.45) is 2.62. The normalized spacial score (nSPS) is 10.9. The number of aromatic nitrogens is 1. The standard InChI is InChI=1S/C27H26ClFN4O2/c28-23-16-20(29)10-11-25(23)33(21-6-2-1-3-7-21)27(35)18-32(26(34)12-14-30)15-13-19-17-31-24-9-5-4-8-22(19)24/h1-11,16-17,31H,12-15,18,30H2. The number of aromatic amines is 1. The number of benzene rings is 3. The number of nitrogens with zero attached hydrogens (tertiary/aromatic N) is 2. The third kappa shape index (κ3) is 5.70. The molecule has 0 spiro atoms. The predicted molar refractivity (Wildman–Crippen MR) is 137 cm³/mol. The number of fused-ring (bicyclic) bond motifs is 1. The number of carbonyl (C=O) groups is 2. The molecule has 0 saturated heterocycles. The summed E-state index contributed by atoms with van der Waals surface area (Å²) >= 11 is 6.32. The molecule has 0 bridgehead atoms. The molecule has 1 heterocycles. The molecule has 2 amide bonds. The van der Waals surface area contributed by atoms with E-state index in [0.29, 0.717) is 24.3 Å². The third-order valence-corrected chi connectivity index (χ3v) is 6.08. The van der Waals surface area contributed by atoms with Crippen LogP contribution in [0.1, 0.15) is 12.0 Å². The van der Waals surface area contributed by atoms with Gasteiger partial charge in [-0.3, -0.25) is 14.5 Å². The first kappa shape index (κ1) is 24.4. The van der Waals surface area contributed by atoms with Gasteiger partial charge in [0.25, 0.3) is 5.91 Å². The van der Waals surface area contributed by atoms with Crippen LogP contribution >= 0.6 is 11.6 Å². The van der Waals surface area contributed by atoms with Crippen molar-refractivity contribution in [1.29, 1.82) is 0 Å². The Morgan fingerprint density at radius 2 is 1.71 bits per heavy atom. The summed E-state index contributed by atoms with van der Waals surface area (Å²) in [6, 6.07) is 20.7. The van der Waals surface area contributed by atoms with Crippen molar-refractivity contribution in [3.63, 3.8) is 0 Å². The zero-order chi connectivity index (χ0) is 24.8. The van der Waals surface area contributed by atoms with Crippen LogP contribution < -0.4 is 10.6 Å². The zero-order valence-electron chi connectivity index (χ0n) is 19.1. The Kier molecular flexibility index (Phi) is 7.80. The van der Waals surface area contributed by atoms with Crippen molar-refractivity contribution in [2.75, 3.05) is 24.5 Å². The van der Waals surface area contributed by atoms with Gasteiger partial charge < -0.3 is 15.6 Å². The highest BCUT2D eigenvalue weighted by Crippen LogP contribution is 2.32. The number of hydrogen-bond acceptors (Lipinski definition) is 3. The lowest BCUT2D eigenvalue weighted by Gasteiger charge is -2.28. The fraction of sp³-hybridized carbons (Fsp3) is 0.185. The van der Waals surface area contributed by atoms with Gasteiger partial charge in [0.05, 0.1) is 10.7 Å². The van der Waals surface area contributed by atoms with Gasteiger partial charge >= 0.3 is 0 Å². The van der Waals surface area contributed by atoms with Crippen molar-refractivity contribution in [3.05, 3.63) is 95.4 Å². The molecule has 3 aromatic carbocycles. The van der Waals surface area contributed by atoms with Gasteiger partial charge in [-0.2, -0.15) is 0 Å². The average molecular weight is 493 g/mol. The number of halogens is 2. The first-order valence-corrected chi connectivity index (χ1v) is 11.7. The number of anilines is 2. The second-order valence-corrected chi connectivity index (χ2v) is 8.53. The molecule has 180 valence electrons. The highest BCUT2D eigenvalue weighted by molar-refractivity contribution is 6.34. The van der Waals surface area contributed by atoms with Gasteiger partial charge in [0.15, 0.2) is 0 Å². The van der Waals surface area contributed by atoms with Crippen LogP contribution in [0.5, 0.6) is 0 Å². The molecule has 0 aliphatic rings. The van der Waals surface area contributed by atoms with Crippen molar-refractivity contribution in [1.82, 2.24) is 9.88 Å². The summed E-state index contributed by atoms with van der Waals surface area (Å²) in [5.41, 5.74) is 8.61. The van der Waals surface area contributed by atoms with Crippen LogP contribution in [0.2, 0.25) is 5.02 Å². The second kappa shape index (κ2) is 11.2. The number of para-hydroxylation sites is 2. The molecule has 1 aromatic heterocycles. The van der Waals surface area contributed by atoms with Crippen LogP contribution in [0.3, 0.4) is 0 Å². The summed E-state index contributed by atoms with van der Waals surface area (Å²) in [4.78, 5) is 32.7. The van der Waals surface area contributed by atoms with E-state index in [1.54, 1.807) is 24.3 Å². The summed E-state index contributed by atoms with van der Waals surface area (Å²) in [7, 11) is 0. The molecule has 0 aliphatic heterocycles. The Bertz CT molecular complexity index is 1330. The van der Waals surface area contributed by atoms with Gasteiger partial charge in [0.1, 0.15) is 12.4 Å². The number of hydrogen-bond donors (Lipinski definition) is 2. The molecule has 4 rings (SSSR count). The van der Waals surface area contributed by atoms with E-state index in [1.807, 2.05) is 36.5 Å². The lowest BCUT2D eigenvalue weighted by molar-refractivity contribution is -0.134. The maximum atomic E-state index is 13.7. The molecule has 0 fully saturated rings. The van der Waals surface area contributed by atoms with Gasteiger partial charge in [-0.1, -0.05) is 48.0 Å². The molecule has 0 aliphatic carbocycles. The minimum Gasteiger partial charge on any atom is -0.361 e.